The molecule has 1 amide bonds. The van der Waals surface area contributed by atoms with Gasteiger partial charge in [0.2, 0.25) is 28.9 Å². The van der Waals surface area contributed by atoms with Gasteiger partial charge in [-0.05, 0) is 98.9 Å². The molecule has 0 spiro atoms. The van der Waals surface area contributed by atoms with Crippen molar-refractivity contribution in [3.8, 4) is 0 Å². The van der Waals surface area contributed by atoms with Crippen LogP contribution in [0, 0.1) is 32.6 Å². The summed E-state index contributed by atoms with van der Waals surface area (Å²) in [7, 11) is -3.81. The highest BCUT2D eigenvalue weighted by Gasteiger charge is 2.27. The molecule has 3 aromatic carbocycles. The van der Waals surface area contributed by atoms with E-state index in [2.05, 4.69) is 95.3 Å². The molecule has 15 heteroatoms. The van der Waals surface area contributed by atoms with Gasteiger partial charge in [-0.15, -0.1) is 10.2 Å². The minimum Gasteiger partial charge on any atom is -0.354 e. The van der Waals surface area contributed by atoms with Crippen LogP contribution in [0.2, 0.25) is 0 Å². The Hall–Kier alpha value is -5.15. The van der Waals surface area contributed by atoms with Crippen molar-refractivity contribution in [3.63, 3.8) is 0 Å². The van der Waals surface area contributed by atoms with Gasteiger partial charge in [0.25, 0.3) is 10.0 Å². The zero-order chi connectivity index (χ0) is 35.8. The molecular formula is C36H42N10O3S2. The van der Waals surface area contributed by atoms with E-state index in [-0.39, 0.29) is 21.9 Å². The van der Waals surface area contributed by atoms with Crippen LogP contribution in [0.4, 0.5) is 28.7 Å². The number of aromatic nitrogens is 5. The van der Waals surface area contributed by atoms with Gasteiger partial charge >= 0.3 is 0 Å². The third-order valence-corrected chi connectivity index (χ3v) is 11.3. The highest BCUT2D eigenvalue weighted by Crippen LogP contribution is 2.30. The fourth-order valence-corrected chi connectivity index (χ4v) is 7.73. The van der Waals surface area contributed by atoms with E-state index >= 15 is 0 Å². The van der Waals surface area contributed by atoms with Crippen LogP contribution in [-0.2, 0) is 27.9 Å². The van der Waals surface area contributed by atoms with E-state index < -0.39 is 10.0 Å². The smallest absolute Gasteiger partial charge is 0.263 e. The first-order chi connectivity index (χ1) is 24.6. The van der Waals surface area contributed by atoms with Crippen molar-refractivity contribution in [2.75, 3.05) is 32.5 Å². The molecule has 0 bridgehead atoms. The summed E-state index contributed by atoms with van der Waals surface area (Å²) in [5, 5.41) is 21.6. The maximum atomic E-state index is 13.1. The fraction of sp³-hybridized carbons (Fsp3) is 0.333. The molecule has 1 aliphatic carbocycles. The van der Waals surface area contributed by atoms with E-state index in [1.54, 1.807) is 19.1 Å². The molecule has 5 N–H and O–H groups in total. The van der Waals surface area contributed by atoms with Crippen molar-refractivity contribution in [3.05, 3.63) is 100 Å². The summed E-state index contributed by atoms with van der Waals surface area (Å²) in [6.07, 6.45) is 3.25. The minimum atomic E-state index is -3.81. The number of anilines is 5. The molecular weight excluding hydrogens is 685 g/mol. The number of hydrogen-bond acceptors (Lipinski definition) is 12. The maximum absolute atomic E-state index is 13.1. The molecule has 0 saturated heterocycles. The fourth-order valence-electron chi connectivity index (χ4n) is 5.91. The molecule has 0 aliphatic heterocycles. The lowest BCUT2D eigenvalue weighted by Crippen LogP contribution is -2.29. The molecule has 13 nitrogen and oxygen atoms in total. The predicted octanol–water partition coefficient (Wildman–Crippen LogP) is 6.53. The van der Waals surface area contributed by atoms with Crippen LogP contribution in [0.25, 0.3) is 0 Å². The number of hydrogen-bond donors (Lipinski definition) is 5. The topological polar surface area (TPSA) is 176 Å². The largest absolute Gasteiger partial charge is 0.354 e. The van der Waals surface area contributed by atoms with Gasteiger partial charge in [-0.25, -0.2) is 8.42 Å². The molecule has 1 aliphatic rings. The van der Waals surface area contributed by atoms with Crippen molar-refractivity contribution in [1.29, 1.82) is 0 Å². The van der Waals surface area contributed by atoms with Crippen LogP contribution in [0.1, 0.15) is 52.9 Å². The first-order valence-corrected chi connectivity index (χ1v) is 19.2. The number of rotatable bonds is 14. The lowest BCUT2D eigenvalue weighted by atomic mass is 9.81. The number of nitrogens with one attached hydrogen (secondary N) is 5. The lowest BCUT2D eigenvalue weighted by Gasteiger charge is -2.28. The quantitative estimate of drug-likeness (QED) is 0.0841. The molecule has 1 fully saturated rings. The first kappa shape index (κ1) is 35.7. The van der Waals surface area contributed by atoms with E-state index in [4.69, 9.17) is 0 Å². The number of benzene rings is 3. The Morgan fingerprint density at radius 2 is 1.43 bits per heavy atom. The van der Waals surface area contributed by atoms with Crippen molar-refractivity contribution in [2.24, 2.45) is 11.8 Å². The van der Waals surface area contributed by atoms with E-state index in [1.165, 1.54) is 28.8 Å². The van der Waals surface area contributed by atoms with Crippen LogP contribution in [0.5, 0.6) is 0 Å². The second-order valence-electron chi connectivity index (χ2n) is 12.7. The number of nitrogens with zero attached hydrogens (tertiary/aromatic N) is 5. The SMILES string of the molecule is Cc1nnc(NS(=O)(=O)c2ccc(NC(=O)C3CCC(CNc4nc(NCc5ccccc5)nc(NCc5cccc(C)c5C)n4)CC3)cc2)s1. The van der Waals surface area contributed by atoms with Gasteiger partial charge in [-0.1, -0.05) is 59.9 Å². The van der Waals surface area contributed by atoms with Gasteiger partial charge < -0.3 is 21.3 Å². The van der Waals surface area contributed by atoms with Crippen molar-refractivity contribution < 1.29 is 13.2 Å². The number of sulfonamides is 1. The van der Waals surface area contributed by atoms with E-state index in [0.29, 0.717) is 54.1 Å². The zero-order valence-corrected chi connectivity index (χ0v) is 30.4. The number of amides is 1. The second-order valence-corrected chi connectivity index (χ2v) is 15.6. The summed E-state index contributed by atoms with van der Waals surface area (Å²) < 4.78 is 27.8. The molecule has 51 heavy (non-hydrogen) atoms. The highest BCUT2D eigenvalue weighted by atomic mass is 32.2. The van der Waals surface area contributed by atoms with E-state index in [9.17, 15) is 13.2 Å². The molecule has 0 radical (unpaired) electrons. The third kappa shape index (κ3) is 9.76. The van der Waals surface area contributed by atoms with Crippen LogP contribution < -0.4 is 26.0 Å². The monoisotopic (exact) mass is 726 g/mol. The second kappa shape index (κ2) is 16.2. The molecule has 1 saturated carbocycles. The standard InChI is InChI=1S/C36H42N10O3S2/c1-23-8-7-11-29(24(23)2)22-39-35-42-33(37-20-26-9-5-4-6-10-26)41-34(43-35)38-21-27-12-14-28(15-13-27)32(47)40-30-16-18-31(19-17-30)51(48,49)46-36-45-44-25(3)50-36/h4-11,16-19,27-28H,12-15,20-22H2,1-3H3,(H,40,47)(H,45,46)(H3,37,38,39,41,42,43). The van der Waals surface area contributed by atoms with Gasteiger partial charge in [0.1, 0.15) is 5.01 Å². The van der Waals surface area contributed by atoms with Gasteiger partial charge in [0, 0.05) is 31.2 Å². The molecule has 6 rings (SSSR count). The van der Waals surface area contributed by atoms with E-state index in [0.717, 1.165) is 42.6 Å². The Labute approximate surface area is 302 Å². The Morgan fingerprint density at radius 1 is 0.765 bits per heavy atom. The summed E-state index contributed by atoms with van der Waals surface area (Å²) in [6, 6.07) is 22.5. The van der Waals surface area contributed by atoms with Crippen molar-refractivity contribution in [2.45, 2.75) is 64.4 Å². The normalized spacial score (nSPS) is 15.9. The van der Waals surface area contributed by atoms with Gasteiger partial charge in [-0.2, -0.15) is 15.0 Å². The lowest BCUT2D eigenvalue weighted by molar-refractivity contribution is -0.121. The Balaban J connectivity index is 1.01. The Morgan fingerprint density at radius 3 is 2.10 bits per heavy atom. The molecule has 2 aromatic heterocycles. The van der Waals surface area contributed by atoms with Crippen LogP contribution >= 0.6 is 11.3 Å². The first-order valence-electron chi connectivity index (χ1n) is 16.9. The molecule has 2 heterocycles. The van der Waals surface area contributed by atoms with Crippen molar-refractivity contribution >= 4 is 55.9 Å². The average molecular weight is 727 g/mol. The van der Waals surface area contributed by atoms with E-state index in [1.807, 2.05) is 18.2 Å². The highest BCUT2D eigenvalue weighted by molar-refractivity contribution is 7.93. The summed E-state index contributed by atoms with van der Waals surface area (Å²) >= 11 is 1.15. The zero-order valence-electron chi connectivity index (χ0n) is 28.8. The average Bonchev–Trinajstić information content (AvgIpc) is 3.54. The number of aryl methyl sites for hydroxylation is 2. The summed E-state index contributed by atoms with van der Waals surface area (Å²) in [5.74, 6) is 1.62. The Kier molecular flexibility index (Phi) is 11.4. The van der Waals surface area contributed by atoms with Gasteiger partial charge in [0.15, 0.2) is 0 Å². The van der Waals surface area contributed by atoms with Crippen molar-refractivity contribution in [1.82, 2.24) is 25.1 Å². The summed E-state index contributed by atoms with van der Waals surface area (Å²) in [4.78, 5) is 27.2. The van der Waals surface area contributed by atoms with Crippen LogP contribution in [-0.4, -0.2) is 46.0 Å². The molecule has 0 atom stereocenters. The minimum absolute atomic E-state index is 0.0642. The molecule has 266 valence electrons. The maximum Gasteiger partial charge on any atom is 0.263 e. The predicted molar refractivity (Wildman–Crippen MR) is 201 cm³/mol. The molecule has 5 aromatic rings. The van der Waals surface area contributed by atoms with Gasteiger partial charge in [-0.3, -0.25) is 9.52 Å². The summed E-state index contributed by atoms with van der Waals surface area (Å²) in [5.41, 5.74) is 5.32. The molecule has 0 unspecified atom stereocenters. The third-order valence-electron chi connectivity index (χ3n) is 9.03. The summed E-state index contributed by atoms with van der Waals surface area (Å²) in [6.45, 7) is 7.82. The van der Waals surface area contributed by atoms with Crippen LogP contribution in [0.3, 0.4) is 0 Å². The van der Waals surface area contributed by atoms with Gasteiger partial charge in [0.05, 0.1) is 4.90 Å². The number of carbonyl (C=O) groups excluding carboxylic acids is 1. The number of carbonyl (C=O) groups is 1. The Bertz CT molecular complexity index is 2050. The van der Waals surface area contributed by atoms with Crippen LogP contribution in [0.15, 0.2) is 77.7 Å².